The van der Waals surface area contributed by atoms with Crippen LogP contribution in [0.15, 0.2) is 30.3 Å². The number of aliphatic hydroxyl groups is 1. The molecule has 3 amide bonds. The van der Waals surface area contributed by atoms with Gasteiger partial charge in [-0.2, -0.15) is 0 Å². The van der Waals surface area contributed by atoms with Gasteiger partial charge in [0.05, 0.1) is 0 Å². The summed E-state index contributed by atoms with van der Waals surface area (Å²) in [5, 5.41) is 11.9. The van der Waals surface area contributed by atoms with Crippen LogP contribution in [0.2, 0.25) is 0 Å². The molecule has 0 saturated heterocycles. The Morgan fingerprint density at radius 3 is 2.30 bits per heavy atom. The van der Waals surface area contributed by atoms with Crippen molar-refractivity contribution in [2.24, 2.45) is 11.7 Å². The highest BCUT2D eigenvalue weighted by atomic mass is 16.3. The number of carbonyl (C=O) groups is 2. The molecule has 0 spiro atoms. The van der Waals surface area contributed by atoms with Crippen LogP contribution in [0.4, 0.5) is 4.79 Å². The van der Waals surface area contributed by atoms with Crippen molar-refractivity contribution in [2.45, 2.75) is 58.4 Å². The number of benzene rings is 1. The van der Waals surface area contributed by atoms with Crippen LogP contribution >= 0.6 is 0 Å². The molecule has 2 atom stereocenters. The van der Waals surface area contributed by atoms with Crippen molar-refractivity contribution in [3.63, 3.8) is 0 Å². The molecule has 6 heteroatoms. The lowest BCUT2D eigenvalue weighted by Gasteiger charge is -2.36. The predicted molar refractivity (Wildman–Crippen MR) is 108 cm³/mol. The molecule has 4 N–H and O–H groups in total. The number of nitrogens with one attached hydrogen (secondary N) is 1. The van der Waals surface area contributed by atoms with E-state index in [0.717, 1.165) is 12.0 Å². The molecule has 27 heavy (non-hydrogen) atoms. The van der Waals surface area contributed by atoms with Gasteiger partial charge in [0.2, 0.25) is 5.91 Å². The number of urea groups is 1. The fraction of sp³-hybridized carbons (Fsp3) is 0.619. The van der Waals surface area contributed by atoms with E-state index in [4.69, 9.17) is 10.8 Å². The first-order valence-electron chi connectivity index (χ1n) is 9.75. The summed E-state index contributed by atoms with van der Waals surface area (Å²) >= 11 is 0. The maximum Gasteiger partial charge on any atom is 0.318 e. The number of carbonyl (C=O) groups excluding carboxylic acids is 2. The average Bonchev–Trinajstić information content (AvgIpc) is 2.64. The minimum Gasteiger partial charge on any atom is -0.396 e. The van der Waals surface area contributed by atoms with Gasteiger partial charge < -0.3 is 21.1 Å². The smallest absolute Gasteiger partial charge is 0.318 e. The maximum atomic E-state index is 13.0. The number of nitrogens with two attached hydrogens (primary N) is 1. The van der Waals surface area contributed by atoms with Crippen molar-refractivity contribution in [3.8, 4) is 0 Å². The third-order valence-corrected chi connectivity index (χ3v) is 5.14. The van der Waals surface area contributed by atoms with Gasteiger partial charge >= 0.3 is 6.03 Å². The molecule has 2 unspecified atom stereocenters. The van der Waals surface area contributed by atoms with Crippen LogP contribution in [0.25, 0.3) is 0 Å². The van der Waals surface area contributed by atoms with Gasteiger partial charge in [-0.1, -0.05) is 51.1 Å². The van der Waals surface area contributed by atoms with Crippen LogP contribution in [0.5, 0.6) is 0 Å². The van der Waals surface area contributed by atoms with Gasteiger partial charge in [-0.05, 0) is 37.7 Å². The minimum atomic E-state index is -1.20. The second kappa shape index (κ2) is 10.9. The Hall–Kier alpha value is -2.08. The Morgan fingerprint density at radius 2 is 1.78 bits per heavy atom. The fourth-order valence-corrected chi connectivity index (χ4v) is 2.90. The molecule has 1 rings (SSSR count). The lowest BCUT2D eigenvalue weighted by Crippen LogP contribution is -2.61. The molecule has 0 fully saturated rings. The van der Waals surface area contributed by atoms with Crippen LogP contribution < -0.4 is 11.1 Å². The van der Waals surface area contributed by atoms with Gasteiger partial charge in [-0.25, -0.2) is 4.79 Å². The fourth-order valence-electron chi connectivity index (χ4n) is 2.90. The number of unbranched alkanes of at least 4 members (excludes halogenated alkanes) is 1. The van der Waals surface area contributed by atoms with Crippen molar-refractivity contribution in [1.29, 1.82) is 0 Å². The number of nitrogens with zero attached hydrogens (tertiary/aromatic N) is 1. The zero-order valence-electron chi connectivity index (χ0n) is 17.1. The van der Waals surface area contributed by atoms with Crippen molar-refractivity contribution in [2.75, 3.05) is 19.7 Å². The third-order valence-electron chi connectivity index (χ3n) is 5.14. The summed E-state index contributed by atoms with van der Waals surface area (Å²) in [6.45, 7) is 9.02. The molecule has 6 nitrogen and oxygen atoms in total. The number of aliphatic hydroxyl groups excluding tert-OH is 1. The van der Waals surface area contributed by atoms with E-state index in [1.54, 1.807) is 11.8 Å². The van der Waals surface area contributed by atoms with E-state index in [2.05, 4.69) is 19.2 Å². The summed E-state index contributed by atoms with van der Waals surface area (Å²) in [6.07, 6.45) is 2.22. The molecule has 0 bridgehead atoms. The highest BCUT2D eigenvalue weighted by molar-refractivity contribution is 5.90. The molecule has 0 radical (unpaired) electrons. The molecule has 0 heterocycles. The first-order chi connectivity index (χ1) is 12.7. The molecule has 0 aliphatic rings. The van der Waals surface area contributed by atoms with Crippen LogP contribution in [0.3, 0.4) is 0 Å². The van der Waals surface area contributed by atoms with E-state index in [1.165, 1.54) is 0 Å². The van der Waals surface area contributed by atoms with Crippen LogP contribution in [-0.4, -0.2) is 47.2 Å². The summed E-state index contributed by atoms with van der Waals surface area (Å²) in [5.74, 6) is -0.375. The molecule has 0 aromatic heterocycles. The number of rotatable bonds is 11. The van der Waals surface area contributed by atoms with Gasteiger partial charge in [0.15, 0.2) is 0 Å². The Balaban J connectivity index is 2.96. The zero-order valence-corrected chi connectivity index (χ0v) is 17.1. The Kier molecular flexibility index (Phi) is 9.29. The molecular formula is C21H35N3O3. The first kappa shape index (κ1) is 23.0. The van der Waals surface area contributed by atoms with Gasteiger partial charge in [0, 0.05) is 25.6 Å². The largest absolute Gasteiger partial charge is 0.396 e. The topological polar surface area (TPSA) is 95.7 Å². The summed E-state index contributed by atoms with van der Waals surface area (Å²) in [4.78, 5) is 26.9. The number of amides is 3. The van der Waals surface area contributed by atoms with Crippen molar-refractivity contribution in [1.82, 2.24) is 10.2 Å². The van der Waals surface area contributed by atoms with Crippen molar-refractivity contribution >= 4 is 11.9 Å². The predicted octanol–water partition coefficient (Wildman–Crippen LogP) is 2.86. The standard InChI is InChI=1S/C21H35N3O3/c1-16(2)12-14-24(13-8-9-15-25)20(27)23-21(4,19(22)26)17(3)18-10-6-5-7-11-18/h5-7,10-11,16-17,25H,8-9,12-15H2,1-4H3,(H2,22,26)(H,23,27). The molecule has 0 aliphatic carbocycles. The van der Waals surface area contributed by atoms with E-state index >= 15 is 0 Å². The second-order valence-electron chi connectivity index (χ2n) is 7.73. The Bertz CT molecular complexity index is 592. The number of hydrogen-bond donors (Lipinski definition) is 3. The first-order valence-corrected chi connectivity index (χ1v) is 9.75. The van der Waals surface area contributed by atoms with Gasteiger partial charge in [0.1, 0.15) is 5.54 Å². The summed E-state index contributed by atoms with van der Waals surface area (Å²) in [6, 6.07) is 9.27. The number of hydrogen-bond acceptors (Lipinski definition) is 3. The molecule has 152 valence electrons. The summed E-state index contributed by atoms with van der Waals surface area (Å²) in [5.41, 5.74) is 5.43. The maximum absolute atomic E-state index is 13.0. The van der Waals surface area contributed by atoms with E-state index < -0.39 is 11.4 Å². The minimum absolute atomic E-state index is 0.101. The van der Waals surface area contributed by atoms with Crippen LogP contribution in [0.1, 0.15) is 58.4 Å². The lowest BCUT2D eigenvalue weighted by atomic mass is 9.81. The Morgan fingerprint density at radius 1 is 1.15 bits per heavy atom. The monoisotopic (exact) mass is 377 g/mol. The van der Waals surface area contributed by atoms with Crippen molar-refractivity contribution < 1.29 is 14.7 Å². The van der Waals surface area contributed by atoms with E-state index in [0.29, 0.717) is 31.8 Å². The highest BCUT2D eigenvalue weighted by Crippen LogP contribution is 2.28. The summed E-state index contributed by atoms with van der Waals surface area (Å²) in [7, 11) is 0. The normalized spacial score (nSPS) is 14.4. The SMILES string of the molecule is CC(C)CCN(CCCCO)C(=O)NC(C)(C(N)=O)C(C)c1ccccc1. The molecule has 1 aromatic carbocycles. The second-order valence-corrected chi connectivity index (χ2v) is 7.73. The van der Waals surface area contributed by atoms with Gasteiger partial charge in [0.25, 0.3) is 0 Å². The highest BCUT2D eigenvalue weighted by Gasteiger charge is 2.40. The van der Waals surface area contributed by atoms with Crippen LogP contribution in [-0.2, 0) is 4.79 Å². The molecular weight excluding hydrogens is 342 g/mol. The third kappa shape index (κ3) is 6.86. The van der Waals surface area contributed by atoms with Crippen LogP contribution in [0, 0.1) is 5.92 Å². The Labute approximate surface area is 163 Å². The van der Waals surface area contributed by atoms with E-state index in [9.17, 15) is 9.59 Å². The van der Waals surface area contributed by atoms with Gasteiger partial charge in [-0.3, -0.25) is 4.79 Å². The zero-order chi connectivity index (χ0) is 20.4. The molecule has 0 saturated carbocycles. The number of primary amides is 1. The van der Waals surface area contributed by atoms with E-state index in [-0.39, 0.29) is 18.6 Å². The van der Waals surface area contributed by atoms with Crippen molar-refractivity contribution in [3.05, 3.63) is 35.9 Å². The quantitative estimate of drug-likeness (QED) is 0.517. The van der Waals surface area contributed by atoms with E-state index in [1.807, 2.05) is 37.3 Å². The molecule has 1 aromatic rings. The lowest BCUT2D eigenvalue weighted by molar-refractivity contribution is -0.124. The average molecular weight is 378 g/mol. The van der Waals surface area contributed by atoms with Gasteiger partial charge in [-0.15, -0.1) is 0 Å². The molecule has 0 aliphatic heterocycles. The summed E-state index contributed by atoms with van der Waals surface area (Å²) < 4.78 is 0.